The molecule has 0 aliphatic rings. The number of carbonyl (C=O) groups is 1. The molecule has 0 saturated heterocycles. The van der Waals surface area contributed by atoms with Gasteiger partial charge in [0.2, 0.25) is 0 Å². The summed E-state index contributed by atoms with van der Waals surface area (Å²) in [6.45, 7) is 6.33. The third-order valence-corrected chi connectivity index (χ3v) is 2.52. The lowest BCUT2D eigenvalue weighted by molar-refractivity contribution is 0.0802. The van der Waals surface area contributed by atoms with Crippen LogP contribution in [0.25, 0.3) is 6.08 Å². The van der Waals surface area contributed by atoms with Crippen LogP contribution >= 0.6 is 0 Å². The van der Waals surface area contributed by atoms with Crippen molar-refractivity contribution in [3.05, 3.63) is 35.9 Å². The van der Waals surface area contributed by atoms with E-state index < -0.39 is 0 Å². The molecule has 1 aromatic carbocycles. The molecule has 0 bridgehead atoms. The normalized spacial score (nSPS) is 9.69. The molecular formula is C13H17NO2. The zero-order valence-corrected chi connectivity index (χ0v) is 9.99. The maximum absolute atomic E-state index is 11.9. The molecule has 0 atom stereocenters. The maximum Gasteiger partial charge on any atom is 0.253 e. The van der Waals surface area contributed by atoms with Crippen molar-refractivity contribution in [3.63, 3.8) is 0 Å². The Labute approximate surface area is 96.3 Å². The third kappa shape index (κ3) is 2.42. The molecule has 0 aromatic heterocycles. The van der Waals surface area contributed by atoms with Crippen molar-refractivity contribution in [1.82, 2.24) is 4.90 Å². The molecule has 0 fully saturated rings. The van der Waals surface area contributed by atoms with E-state index in [2.05, 4.69) is 6.58 Å². The first-order valence-electron chi connectivity index (χ1n) is 5.20. The number of benzene rings is 1. The van der Waals surface area contributed by atoms with Crippen LogP contribution in [0, 0.1) is 0 Å². The highest BCUT2D eigenvalue weighted by Crippen LogP contribution is 2.21. The fraction of sp³-hybridized carbons (Fsp3) is 0.308. The summed E-state index contributed by atoms with van der Waals surface area (Å²) in [6.07, 6.45) is 1.68. The van der Waals surface area contributed by atoms with Crippen LogP contribution in [0.1, 0.15) is 22.8 Å². The van der Waals surface area contributed by atoms with Crippen molar-refractivity contribution in [2.75, 3.05) is 20.7 Å². The van der Waals surface area contributed by atoms with Crippen molar-refractivity contribution in [3.8, 4) is 5.75 Å². The van der Waals surface area contributed by atoms with Crippen LogP contribution in [0.15, 0.2) is 24.8 Å². The van der Waals surface area contributed by atoms with Gasteiger partial charge in [-0.05, 0) is 25.1 Å². The molecule has 0 aliphatic carbocycles. The van der Waals surface area contributed by atoms with Crippen molar-refractivity contribution >= 4 is 12.0 Å². The van der Waals surface area contributed by atoms with Gasteiger partial charge < -0.3 is 9.64 Å². The zero-order valence-electron chi connectivity index (χ0n) is 9.99. The Balaban J connectivity index is 3.08. The second kappa shape index (κ2) is 5.35. The summed E-state index contributed by atoms with van der Waals surface area (Å²) in [6, 6.07) is 5.34. The number of amides is 1. The first kappa shape index (κ1) is 12.3. The number of methoxy groups -OCH3 is 1. The number of ether oxygens (including phenoxy) is 1. The summed E-state index contributed by atoms with van der Waals surface area (Å²) < 4.78 is 5.16. The van der Waals surface area contributed by atoms with Gasteiger partial charge in [0.15, 0.2) is 0 Å². The maximum atomic E-state index is 11.9. The van der Waals surface area contributed by atoms with Crippen LogP contribution in [-0.2, 0) is 0 Å². The van der Waals surface area contributed by atoms with Gasteiger partial charge in [-0.3, -0.25) is 4.79 Å². The van der Waals surface area contributed by atoms with Crippen molar-refractivity contribution in [2.24, 2.45) is 0 Å². The van der Waals surface area contributed by atoms with Crippen LogP contribution in [0.3, 0.4) is 0 Å². The highest BCUT2D eigenvalue weighted by molar-refractivity contribution is 5.95. The summed E-state index contributed by atoms with van der Waals surface area (Å²) in [4.78, 5) is 13.6. The Morgan fingerprint density at radius 3 is 2.75 bits per heavy atom. The average Bonchev–Trinajstić information content (AvgIpc) is 2.35. The summed E-state index contributed by atoms with van der Waals surface area (Å²) in [5.74, 6) is 0.735. The lowest BCUT2D eigenvalue weighted by Gasteiger charge is -2.15. The molecule has 0 heterocycles. The second-order valence-electron chi connectivity index (χ2n) is 3.48. The molecule has 16 heavy (non-hydrogen) atoms. The van der Waals surface area contributed by atoms with Crippen LogP contribution in [0.2, 0.25) is 0 Å². The standard InChI is InChI=1S/C13H17NO2/c1-5-10-9-11(7-8-12(10)16-4)13(15)14(3)6-2/h5,7-9H,1,6H2,2-4H3. The Morgan fingerprint density at radius 2 is 2.25 bits per heavy atom. The smallest absolute Gasteiger partial charge is 0.253 e. The Bertz CT molecular complexity index is 399. The third-order valence-electron chi connectivity index (χ3n) is 2.52. The van der Waals surface area contributed by atoms with Gasteiger partial charge >= 0.3 is 0 Å². The van der Waals surface area contributed by atoms with E-state index in [4.69, 9.17) is 4.74 Å². The molecule has 0 N–H and O–H groups in total. The molecule has 1 rings (SSSR count). The molecule has 3 nitrogen and oxygen atoms in total. The topological polar surface area (TPSA) is 29.5 Å². The zero-order chi connectivity index (χ0) is 12.1. The predicted octanol–water partition coefficient (Wildman–Crippen LogP) is 2.43. The highest BCUT2D eigenvalue weighted by Gasteiger charge is 2.11. The molecule has 1 amide bonds. The van der Waals surface area contributed by atoms with E-state index >= 15 is 0 Å². The van der Waals surface area contributed by atoms with E-state index in [1.165, 1.54) is 0 Å². The number of nitrogens with zero attached hydrogens (tertiary/aromatic N) is 1. The van der Waals surface area contributed by atoms with Crippen molar-refractivity contribution in [1.29, 1.82) is 0 Å². The summed E-state index contributed by atoms with van der Waals surface area (Å²) >= 11 is 0. The van der Waals surface area contributed by atoms with E-state index in [0.29, 0.717) is 12.1 Å². The van der Waals surface area contributed by atoms with E-state index in [0.717, 1.165) is 11.3 Å². The molecule has 0 radical (unpaired) electrons. The highest BCUT2D eigenvalue weighted by atomic mass is 16.5. The minimum absolute atomic E-state index is 0.00764. The van der Waals surface area contributed by atoms with Gasteiger partial charge in [0.1, 0.15) is 5.75 Å². The largest absolute Gasteiger partial charge is 0.496 e. The molecule has 3 heteroatoms. The van der Waals surface area contributed by atoms with E-state index in [9.17, 15) is 4.79 Å². The quantitative estimate of drug-likeness (QED) is 0.778. The molecule has 0 saturated carbocycles. The fourth-order valence-corrected chi connectivity index (χ4v) is 1.39. The summed E-state index contributed by atoms with van der Waals surface area (Å²) in [5, 5.41) is 0. The molecule has 0 spiro atoms. The van der Waals surface area contributed by atoms with Gasteiger partial charge in [-0.2, -0.15) is 0 Å². The number of hydrogen-bond donors (Lipinski definition) is 0. The molecule has 1 aromatic rings. The van der Waals surface area contributed by atoms with Gasteiger partial charge in [0.25, 0.3) is 5.91 Å². The number of carbonyl (C=O) groups excluding carboxylic acids is 1. The van der Waals surface area contributed by atoms with Crippen molar-refractivity contribution in [2.45, 2.75) is 6.92 Å². The molecular weight excluding hydrogens is 202 g/mol. The van der Waals surface area contributed by atoms with Crippen LogP contribution in [0.5, 0.6) is 5.75 Å². The first-order chi connectivity index (χ1) is 7.63. The van der Waals surface area contributed by atoms with E-state index in [1.807, 2.05) is 6.92 Å². The SMILES string of the molecule is C=Cc1cc(C(=O)N(C)CC)ccc1OC. The van der Waals surface area contributed by atoms with Crippen LogP contribution in [-0.4, -0.2) is 31.5 Å². The lowest BCUT2D eigenvalue weighted by Crippen LogP contribution is -2.26. The molecule has 0 unspecified atom stereocenters. The predicted molar refractivity (Wildman–Crippen MR) is 65.7 cm³/mol. The first-order valence-corrected chi connectivity index (χ1v) is 5.20. The van der Waals surface area contributed by atoms with E-state index in [1.54, 1.807) is 43.3 Å². The summed E-state index contributed by atoms with van der Waals surface area (Å²) in [7, 11) is 3.38. The lowest BCUT2D eigenvalue weighted by atomic mass is 10.1. The minimum Gasteiger partial charge on any atom is -0.496 e. The summed E-state index contributed by atoms with van der Waals surface area (Å²) in [5.41, 5.74) is 1.48. The van der Waals surface area contributed by atoms with Crippen LogP contribution in [0.4, 0.5) is 0 Å². The van der Waals surface area contributed by atoms with Gasteiger partial charge in [-0.1, -0.05) is 12.7 Å². The van der Waals surface area contributed by atoms with Crippen molar-refractivity contribution < 1.29 is 9.53 Å². The number of hydrogen-bond acceptors (Lipinski definition) is 2. The fourth-order valence-electron chi connectivity index (χ4n) is 1.39. The second-order valence-corrected chi connectivity index (χ2v) is 3.48. The van der Waals surface area contributed by atoms with Gasteiger partial charge in [-0.15, -0.1) is 0 Å². The average molecular weight is 219 g/mol. The van der Waals surface area contributed by atoms with Gasteiger partial charge in [0.05, 0.1) is 7.11 Å². The molecule has 86 valence electrons. The Morgan fingerprint density at radius 1 is 1.56 bits per heavy atom. The Hall–Kier alpha value is -1.77. The van der Waals surface area contributed by atoms with Gasteiger partial charge in [-0.25, -0.2) is 0 Å². The minimum atomic E-state index is 0.00764. The number of rotatable bonds is 4. The monoisotopic (exact) mass is 219 g/mol. The van der Waals surface area contributed by atoms with Crippen LogP contribution < -0.4 is 4.74 Å². The molecule has 0 aliphatic heterocycles. The van der Waals surface area contributed by atoms with Gasteiger partial charge in [0, 0.05) is 24.7 Å². The Kier molecular flexibility index (Phi) is 4.11. The van der Waals surface area contributed by atoms with E-state index in [-0.39, 0.29) is 5.91 Å².